The minimum Gasteiger partial charge on any atom is -0.343 e. The summed E-state index contributed by atoms with van der Waals surface area (Å²) in [6, 6.07) is 1.89. The first-order valence-electron chi connectivity index (χ1n) is 3.81. The molecule has 0 atom stereocenters. The molecule has 3 nitrogen and oxygen atoms in total. The van der Waals surface area contributed by atoms with Crippen LogP contribution in [0.2, 0.25) is 0 Å². The van der Waals surface area contributed by atoms with E-state index < -0.39 is 0 Å². The molecule has 0 saturated heterocycles. The van der Waals surface area contributed by atoms with Gasteiger partial charge >= 0.3 is 0 Å². The van der Waals surface area contributed by atoms with Crippen LogP contribution in [0.1, 0.15) is 5.69 Å². The molecule has 0 saturated carbocycles. The monoisotopic (exact) mass is 229 g/mol. The summed E-state index contributed by atoms with van der Waals surface area (Å²) in [5.74, 6) is 0.787. The van der Waals surface area contributed by atoms with Gasteiger partial charge in [0.2, 0.25) is 5.95 Å². The Morgan fingerprint density at radius 3 is 2.92 bits per heavy atom. The Balaban J connectivity index is 2.73. The van der Waals surface area contributed by atoms with Crippen LogP contribution in [0, 0.1) is 6.92 Å². The van der Waals surface area contributed by atoms with Crippen LogP contribution in [0.3, 0.4) is 0 Å². The molecule has 66 valence electrons. The number of alkyl halides is 1. The third-order valence-electron chi connectivity index (χ3n) is 1.54. The lowest BCUT2D eigenvalue weighted by Gasteiger charge is -2.14. The van der Waals surface area contributed by atoms with Gasteiger partial charge in [-0.3, -0.25) is 0 Å². The zero-order valence-electron chi connectivity index (χ0n) is 7.29. The van der Waals surface area contributed by atoms with Crippen molar-refractivity contribution in [3.63, 3.8) is 0 Å². The van der Waals surface area contributed by atoms with Gasteiger partial charge < -0.3 is 4.90 Å². The van der Waals surface area contributed by atoms with Crippen molar-refractivity contribution in [1.29, 1.82) is 0 Å². The van der Waals surface area contributed by atoms with Gasteiger partial charge in [0.1, 0.15) is 0 Å². The van der Waals surface area contributed by atoms with Crippen LogP contribution in [0.25, 0.3) is 0 Å². The molecule has 0 spiro atoms. The SMILES string of the molecule is Cc1ccnc(N(C)CCBr)n1. The van der Waals surface area contributed by atoms with Crippen LogP contribution in [0.5, 0.6) is 0 Å². The van der Waals surface area contributed by atoms with Crippen LogP contribution in [-0.4, -0.2) is 28.9 Å². The van der Waals surface area contributed by atoms with E-state index >= 15 is 0 Å². The van der Waals surface area contributed by atoms with Gasteiger partial charge in [0, 0.05) is 30.8 Å². The highest BCUT2D eigenvalue weighted by atomic mass is 79.9. The van der Waals surface area contributed by atoms with Crippen molar-refractivity contribution in [3.8, 4) is 0 Å². The van der Waals surface area contributed by atoms with E-state index in [0.717, 1.165) is 23.5 Å². The molecule has 0 N–H and O–H groups in total. The van der Waals surface area contributed by atoms with Crippen molar-refractivity contribution >= 4 is 21.9 Å². The fourth-order valence-corrected chi connectivity index (χ4v) is 1.38. The number of aryl methyl sites for hydroxylation is 1. The number of nitrogens with zero attached hydrogens (tertiary/aromatic N) is 3. The number of hydrogen-bond donors (Lipinski definition) is 0. The summed E-state index contributed by atoms with van der Waals surface area (Å²) in [5.41, 5.74) is 1.00. The lowest BCUT2D eigenvalue weighted by molar-refractivity contribution is 0.900. The van der Waals surface area contributed by atoms with E-state index in [1.54, 1.807) is 6.20 Å². The van der Waals surface area contributed by atoms with Crippen molar-refractivity contribution in [1.82, 2.24) is 9.97 Å². The Morgan fingerprint density at radius 2 is 2.33 bits per heavy atom. The van der Waals surface area contributed by atoms with Crippen molar-refractivity contribution in [2.24, 2.45) is 0 Å². The predicted octanol–water partition coefficient (Wildman–Crippen LogP) is 1.62. The van der Waals surface area contributed by atoms with Crippen LogP contribution in [-0.2, 0) is 0 Å². The predicted molar refractivity (Wildman–Crippen MR) is 53.8 cm³/mol. The molecule has 0 amide bonds. The fourth-order valence-electron chi connectivity index (χ4n) is 0.846. The molecule has 4 heteroatoms. The zero-order valence-corrected chi connectivity index (χ0v) is 8.87. The fraction of sp³-hybridized carbons (Fsp3) is 0.500. The summed E-state index contributed by atoms with van der Waals surface area (Å²) >= 11 is 3.37. The lowest BCUT2D eigenvalue weighted by atomic mass is 10.4. The Kier molecular flexibility index (Phi) is 3.47. The highest BCUT2D eigenvalue weighted by molar-refractivity contribution is 9.09. The Labute approximate surface area is 81.0 Å². The molecule has 0 fully saturated rings. The normalized spacial score (nSPS) is 9.92. The molecular formula is C8H12BrN3. The quantitative estimate of drug-likeness (QED) is 0.739. The van der Waals surface area contributed by atoms with Gasteiger partial charge in [-0.1, -0.05) is 15.9 Å². The summed E-state index contributed by atoms with van der Waals surface area (Å²) in [6.07, 6.45) is 1.78. The molecule has 0 bridgehead atoms. The van der Waals surface area contributed by atoms with Crippen molar-refractivity contribution < 1.29 is 0 Å². The van der Waals surface area contributed by atoms with Crippen LogP contribution in [0.4, 0.5) is 5.95 Å². The van der Waals surface area contributed by atoms with E-state index in [1.165, 1.54) is 0 Å². The van der Waals surface area contributed by atoms with Gasteiger partial charge in [-0.2, -0.15) is 0 Å². The van der Waals surface area contributed by atoms with E-state index in [-0.39, 0.29) is 0 Å². The van der Waals surface area contributed by atoms with Crippen molar-refractivity contribution in [2.45, 2.75) is 6.92 Å². The van der Waals surface area contributed by atoms with Crippen molar-refractivity contribution in [3.05, 3.63) is 18.0 Å². The Bertz CT molecular complexity index is 252. The average molecular weight is 230 g/mol. The second kappa shape index (κ2) is 4.40. The summed E-state index contributed by atoms with van der Waals surface area (Å²) in [5, 5.41) is 0.931. The third-order valence-corrected chi connectivity index (χ3v) is 1.90. The average Bonchev–Trinajstić information content (AvgIpc) is 2.05. The first-order chi connectivity index (χ1) is 5.74. The maximum atomic E-state index is 4.29. The number of anilines is 1. The molecule has 0 aliphatic heterocycles. The molecule has 0 aliphatic rings. The van der Waals surface area contributed by atoms with E-state index in [0.29, 0.717) is 0 Å². The summed E-state index contributed by atoms with van der Waals surface area (Å²) in [6.45, 7) is 2.89. The van der Waals surface area contributed by atoms with Gasteiger partial charge in [0.15, 0.2) is 0 Å². The van der Waals surface area contributed by atoms with Crippen LogP contribution in [0.15, 0.2) is 12.3 Å². The minimum absolute atomic E-state index is 0.787. The van der Waals surface area contributed by atoms with E-state index in [2.05, 4.69) is 25.9 Å². The zero-order chi connectivity index (χ0) is 8.97. The molecule has 1 aromatic rings. The number of halogens is 1. The first kappa shape index (κ1) is 9.45. The molecule has 1 rings (SSSR count). The van der Waals surface area contributed by atoms with Gasteiger partial charge in [0.05, 0.1) is 0 Å². The molecule has 12 heavy (non-hydrogen) atoms. The van der Waals surface area contributed by atoms with Gasteiger partial charge in [0.25, 0.3) is 0 Å². The smallest absolute Gasteiger partial charge is 0.225 e. The van der Waals surface area contributed by atoms with E-state index in [4.69, 9.17) is 0 Å². The molecule has 0 aliphatic carbocycles. The highest BCUT2D eigenvalue weighted by Gasteiger charge is 2.01. The molecular weight excluding hydrogens is 218 g/mol. The second-order valence-electron chi connectivity index (χ2n) is 2.61. The van der Waals surface area contributed by atoms with Crippen molar-refractivity contribution in [2.75, 3.05) is 23.8 Å². The highest BCUT2D eigenvalue weighted by Crippen LogP contribution is 2.04. The minimum atomic E-state index is 0.787. The van der Waals surface area contributed by atoms with Crippen LogP contribution < -0.4 is 4.90 Å². The topological polar surface area (TPSA) is 29.0 Å². The Morgan fingerprint density at radius 1 is 1.58 bits per heavy atom. The molecule has 1 aromatic heterocycles. The largest absolute Gasteiger partial charge is 0.343 e. The maximum Gasteiger partial charge on any atom is 0.225 e. The maximum absolute atomic E-state index is 4.29. The van der Waals surface area contributed by atoms with Crippen LogP contribution >= 0.6 is 15.9 Å². The first-order valence-corrected chi connectivity index (χ1v) is 4.93. The third kappa shape index (κ3) is 2.44. The number of hydrogen-bond acceptors (Lipinski definition) is 3. The lowest BCUT2D eigenvalue weighted by Crippen LogP contribution is -2.21. The molecule has 1 heterocycles. The van der Waals surface area contributed by atoms with E-state index in [1.807, 2.05) is 24.9 Å². The summed E-state index contributed by atoms with van der Waals surface area (Å²) in [4.78, 5) is 10.5. The number of rotatable bonds is 3. The molecule has 0 radical (unpaired) electrons. The standard InChI is InChI=1S/C8H12BrN3/c1-7-3-5-10-8(11-7)12(2)6-4-9/h3,5H,4,6H2,1-2H3. The summed E-state index contributed by atoms with van der Waals surface area (Å²) in [7, 11) is 1.98. The molecule has 0 unspecified atom stereocenters. The van der Waals surface area contributed by atoms with Gasteiger partial charge in [-0.15, -0.1) is 0 Å². The molecule has 0 aromatic carbocycles. The summed E-state index contributed by atoms with van der Waals surface area (Å²) < 4.78 is 0. The van der Waals surface area contributed by atoms with Gasteiger partial charge in [-0.05, 0) is 13.0 Å². The van der Waals surface area contributed by atoms with Gasteiger partial charge in [-0.25, -0.2) is 9.97 Å². The van der Waals surface area contributed by atoms with E-state index in [9.17, 15) is 0 Å². The Hall–Kier alpha value is -0.640. The second-order valence-corrected chi connectivity index (χ2v) is 3.40. The number of aromatic nitrogens is 2.